The van der Waals surface area contributed by atoms with Crippen LogP contribution < -0.4 is 0 Å². The molecule has 0 unspecified atom stereocenters. The Balaban J connectivity index is 0. The molecule has 0 bridgehead atoms. The molecular formula is C10H26O8P2. The Morgan fingerprint density at radius 3 is 1.45 bits per heavy atom. The zero-order valence-electron chi connectivity index (χ0n) is 12.0. The van der Waals surface area contributed by atoms with Crippen LogP contribution in [0.3, 0.4) is 0 Å². The Bertz CT molecular complexity index is 298. The molecule has 0 aromatic carbocycles. The summed E-state index contributed by atoms with van der Waals surface area (Å²) in [5.41, 5.74) is 0. The molecule has 0 aromatic heterocycles. The van der Waals surface area contributed by atoms with E-state index in [0.717, 1.165) is 32.1 Å². The molecule has 20 heavy (non-hydrogen) atoms. The summed E-state index contributed by atoms with van der Waals surface area (Å²) >= 11 is 0. The molecule has 124 valence electrons. The standard InChI is InChI=1S/C6H15O4P.C4H11O4P/c1-2-3-4-5-6-10-11(7,8)9;1-2-3-4-8-9(5,6)7/h2-6H2,1H3,(H2,7,8,9);2-4H2,1H3,(H2,5,6,7). The summed E-state index contributed by atoms with van der Waals surface area (Å²) in [5.74, 6) is 0. The van der Waals surface area contributed by atoms with Crippen molar-refractivity contribution in [2.45, 2.75) is 52.4 Å². The van der Waals surface area contributed by atoms with Gasteiger partial charge in [0.2, 0.25) is 0 Å². The topological polar surface area (TPSA) is 134 Å². The van der Waals surface area contributed by atoms with Crippen molar-refractivity contribution in [2.75, 3.05) is 13.2 Å². The third-order valence-corrected chi connectivity index (χ3v) is 3.05. The summed E-state index contributed by atoms with van der Waals surface area (Å²) in [6.45, 7) is 4.29. The maximum atomic E-state index is 10.1. The highest BCUT2D eigenvalue weighted by Gasteiger charge is 2.12. The van der Waals surface area contributed by atoms with Gasteiger partial charge in [-0.2, -0.15) is 0 Å². The molecule has 8 nitrogen and oxygen atoms in total. The molecule has 10 heteroatoms. The third-order valence-electron chi connectivity index (χ3n) is 2.01. The fraction of sp³-hybridized carbons (Fsp3) is 1.00. The second-order valence-electron chi connectivity index (χ2n) is 4.06. The summed E-state index contributed by atoms with van der Waals surface area (Å²) in [4.78, 5) is 32.8. The van der Waals surface area contributed by atoms with Crippen molar-refractivity contribution in [3.8, 4) is 0 Å². The molecule has 0 amide bonds. The first kappa shape index (κ1) is 22.5. The largest absolute Gasteiger partial charge is 0.469 e. The number of phosphoric ester groups is 2. The van der Waals surface area contributed by atoms with Crippen molar-refractivity contribution in [3.05, 3.63) is 0 Å². The zero-order valence-corrected chi connectivity index (χ0v) is 13.8. The van der Waals surface area contributed by atoms with Crippen molar-refractivity contribution in [2.24, 2.45) is 0 Å². The monoisotopic (exact) mass is 336 g/mol. The minimum atomic E-state index is -4.21. The molecule has 0 spiro atoms. The van der Waals surface area contributed by atoms with E-state index >= 15 is 0 Å². The van der Waals surface area contributed by atoms with Crippen LogP contribution in [0.25, 0.3) is 0 Å². The normalized spacial score (nSPS) is 11.9. The Morgan fingerprint density at radius 1 is 0.700 bits per heavy atom. The molecule has 0 saturated heterocycles. The number of unbranched alkanes of at least 4 members (excludes halogenated alkanes) is 4. The van der Waals surface area contributed by atoms with E-state index in [1.807, 2.05) is 6.92 Å². The van der Waals surface area contributed by atoms with Gasteiger partial charge in [0, 0.05) is 0 Å². The Kier molecular flexibility index (Phi) is 14.5. The van der Waals surface area contributed by atoms with Crippen molar-refractivity contribution >= 4 is 15.6 Å². The van der Waals surface area contributed by atoms with E-state index in [1.54, 1.807) is 0 Å². The number of hydrogen-bond donors (Lipinski definition) is 4. The average Bonchev–Trinajstić information content (AvgIpc) is 2.27. The lowest BCUT2D eigenvalue weighted by molar-refractivity contribution is 0.192. The molecule has 0 aromatic rings. The zero-order chi connectivity index (χ0) is 16.1. The quantitative estimate of drug-likeness (QED) is 0.353. The van der Waals surface area contributed by atoms with Gasteiger partial charge < -0.3 is 19.6 Å². The fourth-order valence-electron chi connectivity index (χ4n) is 1.04. The lowest BCUT2D eigenvalue weighted by Gasteiger charge is -2.03. The van der Waals surface area contributed by atoms with Crippen LogP contribution in [0.5, 0.6) is 0 Å². The molecule has 0 rings (SSSR count). The Hall–Kier alpha value is 0.220. The van der Waals surface area contributed by atoms with Crippen LogP contribution in [0, 0.1) is 0 Å². The lowest BCUT2D eigenvalue weighted by Crippen LogP contribution is -1.91. The minimum Gasteiger partial charge on any atom is -0.303 e. The molecule has 0 aliphatic heterocycles. The van der Waals surface area contributed by atoms with E-state index in [-0.39, 0.29) is 13.2 Å². The molecule has 0 atom stereocenters. The van der Waals surface area contributed by atoms with E-state index in [9.17, 15) is 9.13 Å². The molecule has 0 aliphatic carbocycles. The second-order valence-corrected chi connectivity index (χ2v) is 6.54. The van der Waals surface area contributed by atoms with Gasteiger partial charge in [0.05, 0.1) is 13.2 Å². The molecule has 0 aliphatic rings. The lowest BCUT2D eigenvalue weighted by atomic mass is 10.2. The molecular weight excluding hydrogens is 310 g/mol. The summed E-state index contributed by atoms with van der Waals surface area (Å²) in [5, 5.41) is 0. The summed E-state index contributed by atoms with van der Waals surface area (Å²) in [6, 6.07) is 0. The smallest absolute Gasteiger partial charge is 0.303 e. The highest BCUT2D eigenvalue weighted by atomic mass is 31.2. The van der Waals surface area contributed by atoms with Crippen molar-refractivity contribution < 1.29 is 37.8 Å². The molecule has 0 radical (unpaired) electrons. The first-order valence-corrected chi connectivity index (χ1v) is 9.58. The Morgan fingerprint density at radius 2 is 1.10 bits per heavy atom. The van der Waals surface area contributed by atoms with Gasteiger partial charge in [-0.15, -0.1) is 0 Å². The van der Waals surface area contributed by atoms with Gasteiger partial charge >= 0.3 is 15.6 Å². The highest BCUT2D eigenvalue weighted by molar-refractivity contribution is 7.46. The first-order valence-electron chi connectivity index (χ1n) is 6.52. The van der Waals surface area contributed by atoms with Crippen LogP contribution in [-0.2, 0) is 18.2 Å². The number of hydrogen-bond acceptors (Lipinski definition) is 4. The van der Waals surface area contributed by atoms with E-state index < -0.39 is 15.6 Å². The van der Waals surface area contributed by atoms with Crippen LogP contribution in [0.4, 0.5) is 0 Å². The van der Waals surface area contributed by atoms with Crippen LogP contribution in [0.1, 0.15) is 52.4 Å². The maximum Gasteiger partial charge on any atom is 0.469 e. The summed E-state index contributed by atoms with van der Waals surface area (Å²) in [7, 11) is -8.41. The molecule has 4 N–H and O–H groups in total. The van der Waals surface area contributed by atoms with E-state index in [2.05, 4.69) is 16.0 Å². The van der Waals surface area contributed by atoms with Gasteiger partial charge in [-0.25, -0.2) is 9.13 Å². The highest BCUT2D eigenvalue weighted by Crippen LogP contribution is 2.36. The van der Waals surface area contributed by atoms with Gasteiger partial charge in [0.25, 0.3) is 0 Å². The molecule has 0 saturated carbocycles. The van der Waals surface area contributed by atoms with Gasteiger partial charge in [-0.3, -0.25) is 9.05 Å². The number of phosphoric acid groups is 2. The van der Waals surface area contributed by atoms with Crippen molar-refractivity contribution in [1.82, 2.24) is 0 Å². The van der Waals surface area contributed by atoms with Crippen LogP contribution >= 0.6 is 15.6 Å². The van der Waals surface area contributed by atoms with Gasteiger partial charge in [-0.05, 0) is 12.8 Å². The van der Waals surface area contributed by atoms with E-state index in [1.165, 1.54) is 0 Å². The second kappa shape index (κ2) is 12.9. The minimum absolute atomic E-state index is 0.140. The molecule has 0 fully saturated rings. The van der Waals surface area contributed by atoms with Gasteiger partial charge in [0.15, 0.2) is 0 Å². The first-order chi connectivity index (χ1) is 9.12. The van der Waals surface area contributed by atoms with Gasteiger partial charge in [-0.1, -0.05) is 39.5 Å². The average molecular weight is 336 g/mol. The van der Waals surface area contributed by atoms with Gasteiger partial charge in [0.1, 0.15) is 0 Å². The van der Waals surface area contributed by atoms with E-state index in [0.29, 0.717) is 6.42 Å². The predicted molar refractivity (Wildman–Crippen MR) is 75.0 cm³/mol. The third kappa shape index (κ3) is 26.7. The Labute approximate surface area is 120 Å². The van der Waals surface area contributed by atoms with E-state index in [4.69, 9.17) is 19.6 Å². The summed E-state index contributed by atoms with van der Waals surface area (Å²) < 4.78 is 28.5. The SMILES string of the molecule is CCCCCCOP(=O)(O)O.CCCCOP(=O)(O)O. The van der Waals surface area contributed by atoms with Crippen LogP contribution in [0.15, 0.2) is 0 Å². The summed E-state index contributed by atoms with van der Waals surface area (Å²) in [6.07, 6.45) is 5.45. The maximum absolute atomic E-state index is 10.1. The fourth-order valence-corrected chi connectivity index (χ4v) is 1.77. The van der Waals surface area contributed by atoms with Crippen molar-refractivity contribution in [1.29, 1.82) is 0 Å². The molecule has 0 heterocycles. The number of rotatable bonds is 10. The van der Waals surface area contributed by atoms with Crippen LogP contribution in [0.2, 0.25) is 0 Å². The predicted octanol–water partition coefficient (Wildman–Crippen LogP) is 2.57. The van der Waals surface area contributed by atoms with Crippen molar-refractivity contribution in [3.63, 3.8) is 0 Å². The van der Waals surface area contributed by atoms with Crippen LogP contribution in [-0.4, -0.2) is 32.8 Å².